The molecule has 0 atom stereocenters. The number of nitrogens with zero attached hydrogens (tertiary/aromatic N) is 2. The molecule has 4 rings (SSSR count). The van der Waals surface area contributed by atoms with Gasteiger partial charge in [-0.15, -0.1) is 0 Å². The van der Waals surface area contributed by atoms with E-state index in [1.54, 1.807) is 14.2 Å². The highest BCUT2D eigenvalue weighted by Crippen LogP contribution is 2.26. The van der Waals surface area contributed by atoms with Crippen molar-refractivity contribution in [1.82, 2.24) is 10.2 Å². The lowest BCUT2D eigenvalue weighted by Gasteiger charge is -2.36. The molecule has 3 aromatic carbocycles. The normalized spacial score (nSPS) is 14.1. The van der Waals surface area contributed by atoms with Crippen molar-refractivity contribution in [3.63, 3.8) is 0 Å². The van der Waals surface area contributed by atoms with E-state index >= 15 is 0 Å². The Kier molecular flexibility index (Phi) is 7.47. The van der Waals surface area contributed by atoms with Gasteiger partial charge in [0.1, 0.15) is 11.5 Å². The van der Waals surface area contributed by atoms with Crippen LogP contribution >= 0.6 is 0 Å². The summed E-state index contributed by atoms with van der Waals surface area (Å²) in [6, 6.07) is 23.8. The predicted molar refractivity (Wildman–Crippen MR) is 131 cm³/mol. The summed E-state index contributed by atoms with van der Waals surface area (Å²) in [5.74, 6) is 1.62. The number of nitrogens with one attached hydrogen (secondary N) is 1. The quantitative estimate of drug-likeness (QED) is 0.569. The number of carbonyl (C=O) groups excluding carboxylic acids is 1. The number of hydrogen-bond donors (Lipinski definition) is 1. The Morgan fingerprint density at radius 1 is 0.879 bits per heavy atom. The molecule has 3 aromatic rings. The number of amides is 1. The van der Waals surface area contributed by atoms with Crippen molar-refractivity contribution in [2.75, 3.05) is 45.3 Å². The minimum absolute atomic E-state index is 0.0522. The van der Waals surface area contributed by atoms with E-state index in [9.17, 15) is 4.79 Å². The van der Waals surface area contributed by atoms with Crippen molar-refractivity contribution in [2.45, 2.75) is 13.1 Å². The molecule has 0 aromatic heterocycles. The Morgan fingerprint density at radius 3 is 2.39 bits per heavy atom. The topological polar surface area (TPSA) is 54.0 Å². The van der Waals surface area contributed by atoms with Crippen LogP contribution in [0.1, 0.15) is 21.5 Å². The number of benzene rings is 3. The fraction of sp³-hybridized carbons (Fsp3) is 0.296. The average Bonchev–Trinajstić information content (AvgIpc) is 2.88. The summed E-state index contributed by atoms with van der Waals surface area (Å²) in [5.41, 5.74) is 4.14. The molecule has 0 bridgehead atoms. The van der Waals surface area contributed by atoms with Gasteiger partial charge in [-0.25, -0.2) is 0 Å². The molecule has 1 aliphatic heterocycles. The Labute approximate surface area is 195 Å². The van der Waals surface area contributed by atoms with Crippen molar-refractivity contribution < 1.29 is 14.3 Å². The number of piperazine rings is 1. The molecular weight excluding hydrogens is 414 g/mol. The molecule has 0 unspecified atom stereocenters. The van der Waals surface area contributed by atoms with Gasteiger partial charge in [-0.05, 0) is 35.9 Å². The van der Waals surface area contributed by atoms with Crippen molar-refractivity contribution >= 4 is 11.6 Å². The molecule has 0 spiro atoms. The van der Waals surface area contributed by atoms with E-state index in [0.717, 1.165) is 49.8 Å². The zero-order valence-corrected chi connectivity index (χ0v) is 19.3. The van der Waals surface area contributed by atoms with Gasteiger partial charge in [0, 0.05) is 62.1 Å². The Bertz CT molecular complexity index is 1060. The van der Waals surface area contributed by atoms with Gasteiger partial charge < -0.3 is 19.7 Å². The third-order valence-corrected chi connectivity index (χ3v) is 6.03. The monoisotopic (exact) mass is 445 g/mol. The maximum atomic E-state index is 12.3. The number of carbonyl (C=O) groups is 1. The fourth-order valence-corrected chi connectivity index (χ4v) is 4.12. The van der Waals surface area contributed by atoms with Gasteiger partial charge in [-0.2, -0.15) is 0 Å². The van der Waals surface area contributed by atoms with Crippen LogP contribution in [0.25, 0.3) is 0 Å². The first kappa shape index (κ1) is 22.7. The highest BCUT2D eigenvalue weighted by atomic mass is 16.5. The molecule has 1 amide bonds. The first-order valence-corrected chi connectivity index (χ1v) is 11.3. The Hall–Kier alpha value is -3.51. The second-order valence-electron chi connectivity index (χ2n) is 8.16. The Balaban J connectivity index is 1.31. The number of rotatable bonds is 8. The first-order chi connectivity index (χ1) is 16.2. The summed E-state index contributed by atoms with van der Waals surface area (Å²) >= 11 is 0. The molecule has 6 nitrogen and oxygen atoms in total. The van der Waals surface area contributed by atoms with Crippen molar-refractivity contribution in [3.05, 3.63) is 89.5 Å². The maximum absolute atomic E-state index is 12.3. The zero-order valence-electron chi connectivity index (χ0n) is 19.3. The van der Waals surface area contributed by atoms with Gasteiger partial charge in [0.25, 0.3) is 5.91 Å². The number of anilines is 1. The lowest BCUT2D eigenvalue weighted by molar-refractivity contribution is 0.0951. The summed E-state index contributed by atoms with van der Waals surface area (Å²) in [7, 11) is 3.37. The zero-order chi connectivity index (χ0) is 23.0. The minimum atomic E-state index is -0.0522. The first-order valence-electron chi connectivity index (χ1n) is 11.3. The summed E-state index contributed by atoms with van der Waals surface area (Å²) in [5, 5.41) is 3.01. The SMILES string of the molecule is COc1ccc(CN2CCN(c3cccc(CNC(=O)c4ccccc4)c3)CC2)c(OC)c1. The van der Waals surface area contributed by atoms with E-state index in [0.29, 0.717) is 12.1 Å². The van der Waals surface area contributed by atoms with E-state index in [2.05, 4.69) is 45.4 Å². The molecule has 1 heterocycles. The molecule has 0 aliphatic carbocycles. The van der Waals surface area contributed by atoms with Gasteiger partial charge in [-0.3, -0.25) is 9.69 Å². The molecule has 1 fully saturated rings. The molecule has 6 heteroatoms. The molecule has 0 radical (unpaired) electrons. The molecule has 1 saturated heterocycles. The molecule has 172 valence electrons. The fourth-order valence-electron chi connectivity index (χ4n) is 4.12. The lowest BCUT2D eigenvalue weighted by atomic mass is 10.1. The Morgan fingerprint density at radius 2 is 1.67 bits per heavy atom. The summed E-state index contributed by atoms with van der Waals surface area (Å²) in [6.07, 6.45) is 0. The van der Waals surface area contributed by atoms with Crippen LogP contribution in [-0.2, 0) is 13.1 Å². The number of hydrogen-bond acceptors (Lipinski definition) is 5. The van der Waals surface area contributed by atoms with Gasteiger partial charge in [0.15, 0.2) is 0 Å². The highest BCUT2D eigenvalue weighted by molar-refractivity contribution is 5.94. The molecule has 1 N–H and O–H groups in total. The van der Waals surface area contributed by atoms with Crippen LogP contribution in [0.2, 0.25) is 0 Å². The van der Waals surface area contributed by atoms with Gasteiger partial charge in [0.2, 0.25) is 0 Å². The van der Waals surface area contributed by atoms with Gasteiger partial charge in [-0.1, -0.05) is 36.4 Å². The van der Waals surface area contributed by atoms with Crippen LogP contribution in [0.15, 0.2) is 72.8 Å². The van der Waals surface area contributed by atoms with Crippen LogP contribution in [0.5, 0.6) is 11.5 Å². The largest absolute Gasteiger partial charge is 0.497 e. The summed E-state index contributed by atoms with van der Waals surface area (Å²) < 4.78 is 10.9. The summed E-state index contributed by atoms with van der Waals surface area (Å²) in [4.78, 5) is 17.2. The number of ether oxygens (including phenoxy) is 2. The highest BCUT2D eigenvalue weighted by Gasteiger charge is 2.19. The van der Waals surface area contributed by atoms with Gasteiger partial charge in [0.05, 0.1) is 14.2 Å². The van der Waals surface area contributed by atoms with Crippen LogP contribution in [-0.4, -0.2) is 51.2 Å². The second kappa shape index (κ2) is 10.9. The van der Waals surface area contributed by atoms with Crippen LogP contribution in [0.4, 0.5) is 5.69 Å². The predicted octanol–water partition coefficient (Wildman–Crippen LogP) is 3.96. The van der Waals surface area contributed by atoms with E-state index in [-0.39, 0.29) is 5.91 Å². The third kappa shape index (κ3) is 5.84. The lowest BCUT2D eigenvalue weighted by Crippen LogP contribution is -2.46. The van der Waals surface area contributed by atoms with Gasteiger partial charge >= 0.3 is 0 Å². The number of methoxy groups -OCH3 is 2. The molecule has 33 heavy (non-hydrogen) atoms. The van der Waals surface area contributed by atoms with Crippen molar-refractivity contribution in [1.29, 1.82) is 0 Å². The van der Waals surface area contributed by atoms with E-state index in [4.69, 9.17) is 9.47 Å². The minimum Gasteiger partial charge on any atom is -0.497 e. The van der Waals surface area contributed by atoms with Crippen molar-refractivity contribution in [2.24, 2.45) is 0 Å². The van der Waals surface area contributed by atoms with E-state index < -0.39 is 0 Å². The van der Waals surface area contributed by atoms with Crippen LogP contribution in [0, 0.1) is 0 Å². The van der Waals surface area contributed by atoms with Crippen molar-refractivity contribution in [3.8, 4) is 11.5 Å². The van der Waals surface area contributed by atoms with Crippen LogP contribution in [0.3, 0.4) is 0 Å². The third-order valence-electron chi connectivity index (χ3n) is 6.03. The second-order valence-corrected chi connectivity index (χ2v) is 8.16. The summed E-state index contributed by atoms with van der Waals surface area (Å²) in [6.45, 7) is 5.23. The molecule has 0 saturated carbocycles. The molecule has 1 aliphatic rings. The van der Waals surface area contributed by atoms with E-state index in [1.807, 2.05) is 42.5 Å². The molecular formula is C27H31N3O3. The smallest absolute Gasteiger partial charge is 0.251 e. The average molecular weight is 446 g/mol. The van der Waals surface area contributed by atoms with Crippen LogP contribution < -0.4 is 19.7 Å². The van der Waals surface area contributed by atoms with E-state index in [1.165, 1.54) is 11.3 Å². The standard InChI is InChI=1S/C27H31N3O3/c1-32-25-12-11-23(26(18-25)33-2)20-29-13-15-30(16-14-29)24-10-6-7-21(17-24)19-28-27(31)22-8-4-3-5-9-22/h3-12,17-18H,13-16,19-20H2,1-2H3,(H,28,31). The maximum Gasteiger partial charge on any atom is 0.251 e.